The van der Waals surface area contributed by atoms with E-state index in [0.29, 0.717) is 24.6 Å². The highest BCUT2D eigenvalue weighted by atomic mass is 19.1. The highest BCUT2D eigenvalue weighted by molar-refractivity contribution is 5.19. The molecule has 0 radical (unpaired) electrons. The Morgan fingerprint density at radius 3 is 2.68 bits per heavy atom. The monoisotopic (exact) mass is 262 g/mol. The molecule has 4 nitrogen and oxygen atoms in total. The molecule has 0 saturated carbocycles. The molecule has 102 valence electrons. The molecule has 2 rings (SSSR count). The van der Waals surface area contributed by atoms with Gasteiger partial charge in [-0.1, -0.05) is 37.3 Å². The van der Waals surface area contributed by atoms with Crippen molar-refractivity contribution in [1.82, 2.24) is 15.0 Å². The first-order valence-electron chi connectivity index (χ1n) is 6.46. The third-order valence-electron chi connectivity index (χ3n) is 2.99. The highest BCUT2D eigenvalue weighted by Crippen LogP contribution is 2.15. The van der Waals surface area contributed by atoms with Crippen molar-refractivity contribution < 1.29 is 4.39 Å². The summed E-state index contributed by atoms with van der Waals surface area (Å²) in [6.45, 7) is 5.00. The zero-order valence-corrected chi connectivity index (χ0v) is 11.3. The molecule has 0 saturated heterocycles. The minimum atomic E-state index is -0.220. The van der Waals surface area contributed by atoms with Gasteiger partial charge in [-0.25, -0.2) is 9.07 Å². The molecule has 0 aliphatic rings. The zero-order valence-electron chi connectivity index (χ0n) is 11.3. The topological polar surface area (TPSA) is 56.7 Å². The van der Waals surface area contributed by atoms with Crippen LogP contribution in [0.4, 0.5) is 4.39 Å². The van der Waals surface area contributed by atoms with Crippen LogP contribution in [0.1, 0.15) is 30.8 Å². The van der Waals surface area contributed by atoms with E-state index in [-0.39, 0.29) is 5.82 Å². The van der Waals surface area contributed by atoms with Crippen molar-refractivity contribution in [2.24, 2.45) is 11.7 Å². The molecule has 5 heteroatoms. The average Bonchev–Trinajstić information content (AvgIpc) is 2.74. The summed E-state index contributed by atoms with van der Waals surface area (Å²) in [6, 6.07) is 6.72. The Labute approximate surface area is 112 Å². The van der Waals surface area contributed by atoms with Crippen molar-refractivity contribution in [3.8, 4) is 0 Å². The van der Waals surface area contributed by atoms with Crippen LogP contribution in [0, 0.1) is 11.7 Å². The smallest absolute Gasteiger partial charge is 0.128 e. The van der Waals surface area contributed by atoms with Gasteiger partial charge in [0.15, 0.2) is 0 Å². The van der Waals surface area contributed by atoms with E-state index in [2.05, 4.69) is 24.2 Å². The van der Waals surface area contributed by atoms with Crippen molar-refractivity contribution in [3.63, 3.8) is 0 Å². The SMILES string of the molecule is CC(C)Cc1c(CN)nnn1Cc1ccccc1F. The second-order valence-electron chi connectivity index (χ2n) is 5.03. The van der Waals surface area contributed by atoms with Gasteiger partial charge in [0.05, 0.1) is 17.9 Å². The van der Waals surface area contributed by atoms with Crippen LogP contribution in [0.25, 0.3) is 0 Å². The summed E-state index contributed by atoms with van der Waals surface area (Å²) < 4.78 is 15.4. The number of halogens is 1. The molecule has 0 amide bonds. The van der Waals surface area contributed by atoms with Crippen molar-refractivity contribution >= 4 is 0 Å². The summed E-state index contributed by atoms with van der Waals surface area (Å²) in [5, 5.41) is 8.18. The molecule has 2 aromatic rings. The summed E-state index contributed by atoms with van der Waals surface area (Å²) in [4.78, 5) is 0. The quantitative estimate of drug-likeness (QED) is 0.898. The van der Waals surface area contributed by atoms with E-state index in [4.69, 9.17) is 5.73 Å². The number of rotatable bonds is 5. The normalized spacial score (nSPS) is 11.2. The molecule has 0 unspecified atom stereocenters. The van der Waals surface area contributed by atoms with Crippen molar-refractivity contribution in [3.05, 3.63) is 47.0 Å². The van der Waals surface area contributed by atoms with Crippen LogP contribution in [-0.2, 0) is 19.5 Å². The second-order valence-corrected chi connectivity index (χ2v) is 5.03. The van der Waals surface area contributed by atoms with Gasteiger partial charge in [0.2, 0.25) is 0 Å². The van der Waals surface area contributed by atoms with Crippen LogP contribution in [-0.4, -0.2) is 15.0 Å². The van der Waals surface area contributed by atoms with Gasteiger partial charge < -0.3 is 5.73 Å². The summed E-state index contributed by atoms with van der Waals surface area (Å²) in [7, 11) is 0. The number of aromatic nitrogens is 3. The summed E-state index contributed by atoms with van der Waals surface area (Å²) in [5.74, 6) is 0.256. The van der Waals surface area contributed by atoms with Gasteiger partial charge in [-0.05, 0) is 18.4 Å². The Balaban J connectivity index is 2.30. The maximum Gasteiger partial charge on any atom is 0.128 e. The number of nitrogens with two attached hydrogens (primary N) is 1. The van der Waals surface area contributed by atoms with Crippen molar-refractivity contribution in [1.29, 1.82) is 0 Å². The van der Waals surface area contributed by atoms with Crippen LogP contribution in [0.3, 0.4) is 0 Å². The lowest BCUT2D eigenvalue weighted by atomic mass is 10.1. The lowest BCUT2D eigenvalue weighted by Crippen LogP contribution is -2.12. The van der Waals surface area contributed by atoms with Crippen LogP contribution in [0.15, 0.2) is 24.3 Å². The lowest BCUT2D eigenvalue weighted by Gasteiger charge is -2.10. The van der Waals surface area contributed by atoms with Gasteiger partial charge >= 0.3 is 0 Å². The van der Waals surface area contributed by atoms with Gasteiger partial charge in [-0.2, -0.15) is 0 Å². The Hall–Kier alpha value is -1.75. The molecule has 2 N–H and O–H groups in total. The van der Waals surface area contributed by atoms with Gasteiger partial charge in [-0.15, -0.1) is 5.10 Å². The third kappa shape index (κ3) is 3.17. The molecular formula is C14H19FN4. The maximum absolute atomic E-state index is 13.7. The zero-order chi connectivity index (χ0) is 13.8. The molecule has 19 heavy (non-hydrogen) atoms. The molecule has 0 aliphatic heterocycles. The van der Waals surface area contributed by atoms with Gasteiger partial charge in [0.1, 0.15) is 5.82 Å². The van der Waals surface area contributed by atoms with E-state index in [1.807, 2.05) is 6.07 Å². The van der Waals surface area contributed by atoms with Crippen LogP contribution in [0.5, 0.6) is 0 Å². The number of hydrogen-bond acceptors (Lipinski definition) is 3. The van der Waals surface area contributed by atoms with E-state index in [1.165, 1.54) is 6.07 Å². The van der Waals surface area contributed by atoms with Crippen LogP contribution >= 0.6 is 0 Å². The molecule has 1 aromatic heterocycles. The predicted molar refractivity (Wildman–Crippen MR) is 72.0 cm³/mol. The van der Waals surface area contributed by atoms with Crippen LogP contribution in [0.2, 0.25) is 0 Å². The van der Waals surface area contributed by atoms with Crippen molar-refractivity contribution in [2.45, 2.75) is 33.4 Å². The minimum absolute atomic E-state index is 0.220. The fourth-order valence-electron chi connectivity index (χ4n) is 2.05. The minimum Gasteiger partial charge on any atom is -0.325 e. The van der Waals surface area contributed by atoms with Gasteiger partial charge in [0, 0.05) is 12.1 Å². The Morgan fingerprint density at radius 2 is 2.05 bits per heavy atom. The first-order chi connectivity index (χ1) is 9.11. The largest absolute Gasteiger partial charge is 0.325 e. The number of nitrogens with zero attached hydrogens (tertiary/aromatic N) is 3. The molecule has 0 fully saturated rings. The van der Waals surface area contributed by atoms with Crippen molar-refractivity contribution in [2.75, 3.05) is 0 Å². The lowest BCUT2D eigenvalue weighted by molar-refractivity contribution is 0.542. The first-order valence-corrected chi connectivity index (χ1v) is 6.46. The predicted octanol–water partition coefficient (Wildman–Crippen LogP) is 2.12. The third-order valence-corrected chi connectivity index (χ3v) is 2.99. The fraction of sp³-hybridized carbons (Fsp3) is 0.429. The van der Waals surface area contributed by atoms with E-state index >= 15 is 0 Å². The fourth-order valence-corrected chi connectivity index (χ4v) is 2.05. The first kappa shape index (κ1) is 13.7. The van der Waals surface area contributed by atoms with E-state index in [0.717, 1.165) is 17.8 Å². The summed E-state index contributed by atoms with van der Waals surface area (Å²) >= 11 is 0. The summed E-state index contributed by atoms with van der Waals surface area (Å²) in [6.07, 6.45) is 0.841. The standard InChI is InChI=1S/C14H19FN4/c1-10(2)7-14-13(8-16)17-18-19(14)9-11-5-3-4-6-12(11)15/h3-6,10H,7-9,16H2,1-2H3. The van der Waals surface area contributed by atoms with E-state index in [1.54, 1.807) is 16.8 Å². The van der Waals surface area contributed by atoms with E-state index in [9.17, 15) is 4.39 Å². The Bertz CT molecular complexity index is 548. The van der Waals surface area contributed by atoms with Crippen LogP contribution < -0.4 is 5.73 Å². The number of benzene rings is 1. The summed E-state index contributed by atoms with van der Waals surface area (Å²) in [5.41, 5.74) is 8.08. The average molecular weight is 262 g/mol. The van der Waals surface area contributed by atoms with E-state index < -0.39 is 0 Å². The molecule has 1 heterocycles. The van der Waals surface area contributed by atoms with Gasteiger partial charge in [0.25, 0.3) is 0 Å². The molecule has 0 atom stereocenters. The number of hydrogen-bond donors (Lipinski definition) is 1. The molecule has 1 aromatic carbocycles. The highest BCUT2D eigenvalue weighted by Gasteiger charge is 2.14. The Kier molecular flexibility index (Phi) is 4.27. The Morgan fingerprint density at radius 1 is 1.32 bits per heavy atom. The molecule has 0 spiro atoms. The maximum atomic E-state index is 13.7. The second kappa shape index (κ2) is 5.93. The molecular weight excluding hydrogens is 243 g/mol. The molecule has 0 aliphatic carbocycles. The van der Waals surface area contributed by atoms with Gasteiger partial charge in [-0.3, -0.25) is 0 Å². The molecule has 0 bridgehead atoms.